The molecule has 1 amide bonds. The second-order valence-electron chi connectivity index (χ2n) is 6.02. The van der Waals surface area contributed by atoms with Crippen molar-refractivity contribution in [2.75, 3.05) is 6.54 Å². The molecule has 2 aromatic heterocycles. The molecule has 1 N–H and O–H groups in total. The molecule has 136 valence electrons. The molecular formula is C18H21N5O2S. The van der Waals surface area contributed by atoms with Gasteiger partial charge >= 0.3 is 5.69 Å². The maximum atomic E-state index is 12.5. The number of nitrogens with zero attached hydrogens (tertiary/aromatic N) is 4. The highest BCUT2D eigenvalue weighted by molar-refractivity contribution is 7.09. The van der Waals surface area contributed by atoms with E-state index in [1.54, 1.807) is 28.3 Å². The highest BCUT2D eigenvalue weighted by atomic mass is 32.1. The normalized spacial score (nSPS) is 10.8. The van der Waals surface area contributed by atoms with Crippen LogP contribution in [0, 0.1) is 13.8 Å². The number of thiazole rings is 1. The van der Waals surface area contributed by atoms with E-state index >= 15 is 0 Å². The zero-order valence-electron chi connectivity index (χ0n) is 14.8. The monoisotopic (exact) mass is 371 g/mol. The lowest BCUT2D eigenvalue weighted by molar-refractivity contribution is -0.121. The highest BCUT2D eigenvalue weighted by Gasteiger charge is 2.13. The molecule has 0 atom stereocenters. The Kier molecular flexibility index (Phi) is 5.62. The van der Waals surface area contributed by atoms with Gasteiger partial charge in [0.2, 0.25) is 5.91 Å². The van der Waals surface area contributed by atoms with E-state index in [0.29, 0.717) is 18.9 Å². The number of carbonyl (C=O) groups excluding carboxylic acids is 1. The summed E-state index contributed by atoms with van der Waals surface area (Å²) in [4.78, 5) is 30.0. The molecule has 0 unspecified atom stereocenters. The largest absolute Gasteiger partial charge is 0.354 e. The molecule has 0 aliphatic carbocycles. The Morgan fingerprint density at radius 2 is 2.00 bits per heavy atom. The Hall–Kier alpha value is -2.74. The Morgan fingerprint density at radius 3 is 2.69 bits per heavy atom. The molecule has 0 fully saturated rings. The lowest BCUT2D eigenvalue weighted by Crippen LogP contribution is -2.34. The van der Waals surface area contributed by atoms with Gasteiger partial charge in [0.15, 0.2) is 0 Å². The molecule has 2 heterocycles. The van der Waals surface area contributed by atoms with Crippen molar-refractivity contribution in [3.63, 3.8) is 0 Å². The molecule has 0 bridgehead atoms. The van der Waals surface area contributed by atoms with Crippen LogP contribution >= 0.6 is 11.3 Å². The van der Waals surface area contributed by atoms with Gasteiger partial charge in [0, 0.05) is 17.8 Å². The lowest BCUT2D eigenvalue weighted by atomic mass is 10.2. The molecule has 0 saturated heterocycles. The third-order valence-corrected chi connectivity index (χ3v) is 5.10. The molecule has 26 heavy (non-hydrogen) atoms. The Labute approximate surface area is 155 Å². The smallest absolute Gasteiger partial charge is 0.346 e. The van der Waals surface area contributed by atoms with E-state index in [9.17, 15) is 9.59 Å². The quantitative estimate of drug-likeness (QED) is 0.683. The Bertz CT molecular complexity index is 942. The number of carbonyl (C=O) groups is 1. The van der Waals surface area contributed by atoms with E-state index in [-0.39, 0.29) is 18.1 Å². The van der Waals surface area contributed by atoms with E-state index in [2.05, 4.69) is 15.4 Å². The fourth-order valence-corrected chi connectivity index (χ4v) is 3.45. The fourth-order valence-electron chi connectivity index (χ4n) is 2.67. The molecule has 0 aliphatic heterocycles. The van der Waals surface area contributed by atoms with Crippen LogP contribution in [0.5, 0.6) is 0 Å². The molecular weight excluding hydrogens is 350 g/mol. The zero-order valence-corrected chi connectivity index (χ0v) is 15.6. The maximum absolute atomic E-state index is 12.5. The Balaban J connectivity index is 1.59. The van der Waals surface area contributed by atoms with Crippen LogP contribution in [0.3, 0.4) is 0 Å². The summed E-state index contributed by atoms with van der Waals surface area (Å²) in [6.45, 7) is 4.60. The van der Waals surface area contributed by atoms with Crippen molar-refractivity contribution in [2.24, 2.45) is 0 Å². The van der Waals surface area contributed by atoms with Crippen LogP contribution < -0.4 is 11.0 Å². The first kappa shape index (κ1) is 18.1. The van der Waals surface area contributed by atoms with Gasteiger partial charge in [-0.25, -0.2) is 14.5 Å². The van der Waals surface area contributed by atoms with Gasteiger partial charge in [0.25, 0.3) is 0 Å². The summed E-state index contributed by atoms with van der Waals surface area (Å²) >= 11 is 1.58. The third kappa shape index (κ3) is 4.26. The van der Waals surface area contributed by atoms with Crippen molar-refractivity contribution in [1.82, 2.24) is 24.6 Å². The fraction of sp³-hybridized carbons (Fsp3) is 0.333. The minimum atomic E-state index is -0.278. The number of benzene rings is 1. The van der Waals surface area contributed by atoms with Crippen LogP contribution in [-0.2, 0) is 24.3 Å². The van der Waals surface area contributed by atoms with E-state index in [1.165, 1.54) is 4.68 Å². The van der Waals surface area contributed by atoms with Gasteiger partial charge in [0.1, 0.15) is 12.4 Å². The van der Waals surface area contributed by atoms with Crippen molar-refractivity contribution in [3.05, 3.63) is 68.3 Å². The van der Waals surface area contributed by atoms with Crippen molar-refractivity contribution < 1.29 is 4.79 Å². The predicted molar refractivity (Wildman–Crippen MR) is 100 cm³/mol. The van der Waals surface area contributed by atoms with Crippen LogP contribution in [0.4, 0.5) is 0 Å². The number of hydrogen-bond acceptors (Lipinski definition) is 5. The van der Waals surface area contributed by atoms with Crippen LogP contribution in [0.25, 0.3) is 0 Å². The van der Waals surface area contributed by atoms with E-state index in [1.807, 2.05) is 37.3 Å². The SMILES string of the molecule is Cc1ncsc1CCNC(=O)Cn1nc(C)n(Cc2ccccc2)c1=O. The van der Waals surface area contributed by atoms with Gasteiger partial charge in [-0.3, -0.25) is 9.36 Å². The molecule has 0 aliphatic rings. The zero-order chi connectivity index (χ0) is 18.5. The average molecular weight is 371 g/mol. The summed E-state index contributed by atoms with van der Waals surface area (Å²) in [7, 11) is 0. The maximum Gasteiger partial charge on any atom is 0.346 e. The molecule has 0 saturated carbocycles. The first-order valence-electron chi connectivity index (χ1n) is 8.38. The van der Waals surface area contributed by atoms with Crippen molar-refractivity contribution >= 4 is 17.2 Å². The van der Waals surface area contributed by atoms with Gasteiger partial charge in [-0.05, 0) is 19.4 Å². The van der Waals surface area contributed by atoms with Gasteiger partial charge in [-0.1, -0.05) is 30.3 Å². The molecule has 8 heteroatoms. The number of rotatable bonds is 7. The molecule has 3 rings (SSSR count). The summed E-state index contributed by atoms with van der Waals surface area (Å²) < 4.78 is 2.79. The second kappa shape index (κ2) is 8.09. The van der Waals surface area contributed by atoms with Crippen LogP contribution in [0.1, 0.15) is 22.0 Å². The van der Waals surface area contributed by atoms with Gasteiger partial charge in [-0.2, -0.15) is 5.10 Å². The average Bonchev–Trinajstić information content (AvgIpc) is 3.14. The lowest BCUT2D eigenvalue weighted by Gasteiger charge is -2.04. The van der Waals surface area contributed by atoms with Crippen molar-refractivity contribution in [2.45, 2.75) is 33.4 Å². The van der Waals surface area contributed by atoms with Gasteiger partial charge in [0.05, 0.1) is 17.7 Å². The minimum absolute atomic E-state index is 0.0802. The predicted octanol–water partition coefficient (Wildman–Crippen LogP) is 1.53. The first-order valence-corrected chi connectivity index (χ1v) is 9.26. The summed E-state index contributed by atoms with van der Waals surface area (Å²) in [5.74, 6) is 0.366. The van der Waals surface area contributed by atoms with E-state index in [0.717, 1.165) is 22.6 Å². The van der Waals surface area contributed by atoms with Gasteiger partial charge < -0.3 is 5.32 Å². The van der Waals surface area contributed by atoms with Crippen molar-refractivity contribution in [1.29, 1.82) is 0 Å². The topological polar surface area (TPSA) is 81.8 Å². The number of aromatic nitrogens is 4. The molecule has 3 aromatic rings. The standard InChI is InChI=1S/C18H21N5O2S/c1-13-16(26-12-20-13)8-9-19-17(24)11-23-18(25)22(14(2)21-23)10-15-6-4-3-5-7-15/h3-7,12H,8-11H2,1-2H3,(H,19,24). The molecule has 0 spiro atoms. The second-order valence-corrected chi connectivity index (χ2v) is 6.96. The minimum Gasteiger partial charge on any atom is -0.354 e. The first-order chi connectivity index (χ1) is 12.5. The van der Waals surface area contributed by atoms with Crippen LogP contribution in [-0.4, -0.2) is 31.8 Å². The van der Waals surface area contributed by atoms with Crippen molar-refractivity contribution in [3.8, 4) is 0 Å². The van der Waals surface area contributed by atoms with Gasteiger partial charge in [-0.15, -0.1) is 11.3 Å². The molecule has 7 nitrogen and oxygen atoms in total. The van der Waals surface area contributed by atoms with Crippen LogP contribution in [0.15, 0.2) is 40.6 Å². The third-order valence-electron chi connectivity index (χ3n) is 4.10. The summed E-state index contributed by atoms with van der Waals surface area (Å²) in [6, 6.07) is 9.70. The highest BCUT2D eigenvalue weighted by Crippen LogP contribution is 2.11. The molecule has 0 radical (unpaired) electrons. The number of hydrogen-bond donors (Lipinski definition) is 1. The number of nitrogens with one attached hydrogen (secondary N) is 1. The van der Waals surface area contributed by atoms with E-state index < -0.39 is 0 Å². The number of aryl methyl sites for hydroxylation is 2. The number of amides is 1. The summed E-state index contributed by atoms with van der Waals surface area (Å²) in [5, 5.41) is 7.05. The molecule has 1 aromatic carbocycles. The summed E-state index contributed by atoms with van der Waals surface area (Å²) in [5.41, 5.74) is 3.53. The summed E-state index contributed by atoms with van der Waals surface area (Å²) in [6.07, 6.45) is 0.735. The Morgan fingerprint density at radius 1 is 1.23 bits per heavy atom. The van der Waals surface area contributed by atoms with E-state index in [4.69, 9.17) is 0 Å². The van der Waals surface area contributed by atoms with Crippen LogP contribution in [0.2, 0.25) is 0 Å².